The monoisotopic (exact) mass is 272 g/mol. The highest BCUT2D eigenvalue weighted by Crippen LogP contribution is 2.30. The van der Waals surface area contributed by atoms with Gasteiger partial charge in [-0.3, -0.25) is 4.90 Å². The number of ether oxygens (including phenoxy) is 2. The molecule has 0 N–H and O–H groups in total. The first kappa shape index (κ1) is 13.6. The van der Waals surface area contributed by atoms with E-state index >= 15 is 0 Å². The Kier molecular flexibility index (Phi) is 3.75. The van der Waals surface area contributed by atoms with Gasteiger partial charge in [-0.15, -0.1) is 0 Å². The SMILES string of the molecule is C[C@@H]1CN(Cc2ccccc2C#N)C[C@@]2(CCOC2)O1. The van der Waals surface area contributed by atoms with Crippen molar-refractivity contribution in [2.24, 2.45) is 0 Å². The van der Waals surface area contributed by atoms with Crippen LogP contribution >= 0.6 is 0 Å². The third kappa shape index (κ3) is 2.71. The Morgan fingerprint density at radius 2 is 2.30 bits per heavy atom. The van der Waals surface area contributed by atoms with Gasteiger partial charge in [-0.25, -0.2) is 0 Å². The van der Waals surface area contributed by atoms with Gasteiger partial charge in [-0.05, 0) is 18.6 Å². The van der Waals surface area contributed by atoms with Gasteiger partial charge in [-0.1, -0.05) is 18.2 Å². The summed E-state index contributed by atoms with van der Waals surface area (Å²) in [6.45, 7) is 6.18. The quantitative estimate of drug-likeness (QED) is 0.825. The van der Waals surface area contributed by atoms with E-state index in [0.717, 1.165) is 43.8 Å². The molecule has 0 amide bonds. The molecule has 1 aromatic rings. The lowest BCUT2D eigenvalue weighted by Gasteiger charge is -2.43. The Labute approximate surface area is 119 Å². The zero-order chi connectivity index (χ0) is 14.0. The Balaban J connectivity index is 1.75. The molecule has 106 valence electrons. The molecule has 1 spiro atoms. The summed E-state index contributed by atoms with van der Waals surface area (Å²) < 4.78 is 11.7. The Hall–Kier alpha value is -1.41. The number of benzene rings is 1. The third-order valence-corrected chi connectivity index (χ3v) is 4.08. The van der Waals surface area contributed by atoms with Crippen molar-refractivity contribution in [1.82, 2.24) is 4.90 Å². The molecule has 4 nitrogen and oxygen atoms in total. The molecule has 2 saturated heterocycles. The van der Waals surface area contributed by atoms with Gasteiger partial charge in [0, 0.05) is 32.7 Å². The Morgan fingerprint density at radius 1 is 1.45 bits per heavy atom. The van der Waals surface area contributed by atoms with E-state index in [1.165, 1.54) is 0 Å². The van der Waals surface area contributed by atoms with Gasteiger partial charge in [0.2, 0.25) is 0 Å². The predicted molar refractivity (Wildman–Crippen MR) is 75.1 cm³/mol. The molecule has 2 heterocycles. The molecule has 2 aliphatic heterocycles. The summed E-state index contributed by atoms with van der Waals surface area (Å²) in [5, 5.41) is 9.19. The number of hydrogen-bond acceptors (Lipinski definition) is 4. The fourth-order valence-corrected chi connectivity index (χ4v) is 3.27. The maximum Gasteiger partial charge on any atom is 0.107 e. The maximum atomic E-state index is 9.19. The van der Waals surface area contributed by atoms with Crippen molar-refractivity contribution in [2.45, 2.75) is 31.6 Å². The van der Waals surface area contributed by atoms with Crippen molar-refractivity contribution in [3.63, 3.8) is 0 Å². The molecular weight excluding hydrogens is 252 g/mol. The topological polar surface area (TPSA) is 45.5 Å². The van der Waals surface area contributed by atoms with Crippen molar-refractivity contribution < 1.29 is 9.47 Å². The van der Waals surface area contributed by atoms with Gasteiger partial charge < -0.3 is 9.47 Å². The fraction of sp³-hybridized carbons (Fsp3) is 0.562. The molecule has 0 bridgehead atoms. The second-order valence-corrected chi connectivity index (χ2v) is 5.85. The summed E-state index contributed by atoms with van der Waals surface area (Å²) in [4.78, 5) is 2.39. The van der Waals surface area contributed by atoms with E-state index in [1.54, 1.807) is 0 Å². The molecule has 1 aromatic carbocycles. The van der Waals surface area contributed by atoms with Crippen molar-refractivity contribution >= 4 is 0 Å². The van der Waals surface area contributed by atoms with Crippen LogP contribution in [-0.2, 0) is 16.0 Å². The summed E-state index contributed by atoms with van der Waals surface area (Å²) in [5.41, 5.74) is 1.72. The summed E-state index contributed by atoms with van der Waals surface area (Å²) >= 11 is 0. The van der Waals surface area contributed by atoms with E-state index in [2.05, 4.69) is 17.9 Å². The smallest absolute Gasteiger partial charge is 0.107 e. The van der Waals surface area contributed by atoms with Crippen molar-refractivity contribution in [1.29, 1.82) is 5.26 Å². The van der Waals surface area contributed by atoms with Gasteiger partial charge in [0.25, 0.3) is 0 Å². The first-order chi connectivity index (χ1) is 9.71. The Bertz CT molecular complexity index is 517. The normalized spacial score (nSPS) is 30.5. The third-order valence-electron chi connectivity index (χ3n) is 4.08. The summed E-state index contributed by atoms with van der Waals surface area (Å²) in [6, 6.07) is 10.1. The summed E-state index contributed by atoms with van der Waals surface area (Å²) in [5.74, 6) is 0. The average molecular weight is 272 g/mol. The average Bonchev–Trinajstić information content (AvgIpc) is 2.86. The number of hydrogen-bond donors (Lipinski definition) is 0. The fourth-order valence-electron chi connectivity index (χ4n) is 3.27. The molecule has 0 unspecified atom stereocenters. The lowest BCUT2D eigenvalue weighted by Crippen LogP contribution is -2.55. The first-order valence-corrected chi connectivity index (χ1v) is 7.17. The van der Waals surface area contributed by atoms with Crippen LogP contribution in [0, 0.1) is 11.3 Å². The van der Waals surface area contributed by atoms with Gasteiger partial charge >= 0.3 is 0 Å². The van der Waals surface area contributed by atoms with Gasteiger partial charge in [-0.2, -0.15) is 5.26 Å². The zero-order valence-electron chi connectivity index (χ0n) is 11.8. The lowest BCUT2D eigenvalue weighted by atomic mass is 9.98. The maximum absolute atomic E-state index is 9.19. The van der Waals surface area contributed by atoms with E-state index in [-0.39, 0.29) is 11.7 Å². The van der Waals surface area contributed by atoms with E-state index in [4.69, 9.17) is 9.47 Å². The van der Waals surface area contributed by atoms with Gasteiger partial charge in [0.05, 0.1) is 24.3 Å². The van der Waals surface area contributed by atoms with Crippen LogP contribution in [0.15, 0.2) is 24.3 Å². The van der Waals surface area contributed by atoms with Crippen molar-refractivity contribution in [3.05, 3.63) is 35.4 Å². The van der Waals surface area contributed by atoms with Crippen molar-refractivity contribution in [3.8, 4) is 6.07 Å². The molecule has 2 fully saturated rings. The minimum absolute atomic E-state index is 0.140. The van der Waals surface area contributed by atoms with E-state index in [0.29, 0.717) is 6.61 Å². The van der Waals surface area contributed by atoms with Gasteiger partial charge in [0.1, 0.15) is 5.60 Å². The number of nitrogens with zero attached hydrogens (tertiary/aromatic N) is 2. The number of nitriles is 1. The zero-order valence-corrected chi connectivity index (χ0v) is 11.8. The summed E-state index contributed by atoms with van der Waals surface area (Å²) in [6.07, 6.45) is 1.17. The molecular formula is C16H20N2O2. The standard InChI is InChI=1S/C16H20N2O2/c1-13-9-18(11-16(20-13)6-7-19-12-16)10-15-5-3-2-4-14(15)8-17/h2-5,13H,6-7,9-12H2,1H3/t13-,16-/m1/s1. The molecule has 4 heteroatoms. The van der Waals surface area contributed by atoms with Gasteiger partial charge in [0.15, 0.2) is 0 Å². The molecule has 20 heavy (non-hydrogen) atoms. The summed E-state index contributed by atoms with van der Waals surface area (Å²) in [7, 11) is 0. The van der Waals surface area contributed by atoms with Crippen molar-refractivity contribution in [2.75, 3.05) is 26.3 Å². The minimum atomic E-state index is -0.140. The largest absolute Gasteiger partial charge is 0.378 e. The molecule has 0 aromatic heterocycles. The number of rotatable bonds is 2. The lowest BCUT2D eigenvalue weighted by molar-refractivity contribution is -0.149. The molecule has 0 radical (unpaired) electrons. The van der Waals surface area contributed by atoms with Crippen LogP contribution in [-0.4, -0.2) is 42.9 Å². The highest BCUT2D eigenvalue weighted by molar-refractivity contribution is 5.37. The second-order valence-electron chi connectivity index (χ2n) is 5.85. The molecule has 2 atom stereocenters. The predicted octanol–water partition coefficient (Wildman–Crippen LogP) is 1.94. The highest BCUT2D eigenvalue weighted by atomic mass is 16.6. The first-order valence-electron chi connectivity index (χ1n) is 7.17. The molecule has 2 aliphatic rings. The van der Waals surface area contributed by atoms with Crippen LogP contribution in [0.4, 0.5) is 0 Å². The molecule has 0 saturated carbocycles. The van der Waals surface area contributed by atoms with Crippen LogP contribution in [0.25, 0.3) is 0 Å². The highest BCUT2D eigenvalue weighted by Gasteiger charge is 2.42. The van der Waals surface area contributed by atoms with Crippen LogP contribution in [0.1, 0.15) is 24.5 Å². The van der Waals surface area contributed by atoms with E-state index in [9.17, 15) is 5.26 Å². The number of morpholine rings is 1. The minimum Gasteiger partial charge on any atom is -0.378 e. The second kappa shape index (κ2) is 5.53. The van der Waals surface area contributed by atoms with E-state index < -0.39 is 0 Å². The molecule has 0 aliphatic carbocycles. The Morgan fingerprint density at radius 3 is 3.05 bits per heavy atom. The van der Waals surface area contributed by atoms with Crippen LogP contribution in [0.5, 0.6) is 0 Å². The van der Waals surface area contributed by atoms with Crippen LogP contribution < -0.4 is 0 Å². The van der Waals surface area contributed by atoms with E-state index in [1.807, 2.05) is 24.3 Å². The van der Waals surface area contributed by atoms with Crippen LogP contribution in [0.3, 0.4) is 0 Å². The van der Waals surface area contributed by atoms with Crippen LogP contribution in [0.2, 0.25) is 0 Å². The molecule has 3 rings (SSSR count).